The van der Waals surface area contributed by atoms with Crippen molar-refractivity contribution >= 4 is 12.1 Å². The molecule has 26 heavy (non-hydrogen) atoms. The van der Waals surface area contributed by atoms with Crippen LogP contribution in [0.15, 0.2) is 0 Å². The normalized spacial score (nSPS) is 12.5. The number of hydrogen-bond donors (Lipinski definition) is 1. The van der Waals surface area contributed by atoms with Crippen molar-refractivity contribution < 1.29 is 19.1 Å². The minimum absolute atomic E-state index is 0.197. The number of rotatable bonds is 14. The Bertz CT molecular complexity index is 386. The molecule has 0 aliphatic carbocycles. The Morgan fingerprint density at radius 2 is 1.73 bits per heavy atom. The van der Waals surface area contributed by atoms with Gasteiger partial charge < -0.3 is 19.7 Å². The van der Waals surface area contributed by atoms with Crippen molar-refractivity contribution in [1.29, 1.82) is 0 Å². The van der Waals surface area contributed by atoms with Crippen LogP contribution in [0.3, 0.4) is 0 Å². The van der Waals surface area contributed by atoms with Gasteiger partial charge in [-0.05, 0) is 52.6 Å². The summed E-state index contributed by atoms with van der Waals surface area (Å²) in [6.45, 7) is 15.7. The van der Waals surface area contributed by atoms with Crippen molar-refractivity contribution in [3.8, 4) is 0 Å². The summed E-state index contributed by atoms with van der Waals surface area (Å²) >= 11 is 0. The second kappa shape index (κ2) is 14.8. The Hall–Kier alpha value is -1.30. The zero-order valence-corrected chi connectivity index (χ0v) is 17.1. The highest BCUT2D eigenvalue weighted by molar-refractivity contribution is 5.70. The first-order valence-electron chi connectivity index (χ1n) is 9.73. The van der Waals surface area contributed by atoms with E-state index in [0.717, 1.165) is 38.8 Å². The minimum atomic E-state index is -0.619. The summed E-state index contributed by atoms with van der Waals surface area (Å²) in [7, 11) is 1.99. The van der Waals surface area contributed by atoms with Gasteiger partial charge in [-0.1, -0.05) is 33.6 Å². The molecule has 152 valence electrons. The van der Waals surface area contributed by atoms with E-state index in [1.54, 1.807) is 0 Å². The highest BCUT2D eigenvalue weighted by Gasteiger charge is 2.17. The van der Waals surface area contributed by atoms with Gasteiger partial charge in [0, 0.05) is 19.5 Å². The van der Waals surface area contributed by atoms with Crippen LogP contribution in [0.25, 0.3) is 0 Å². The molecule has 0 aromatic rings. The average molecular weight is 371 g/mol. The minimum Gasteiger partial charge on any atom is -0.462 e. The summed E-state index contributed by atoms with van der Waals surface area (Å²) in [6, 6.07) is 0. The lowest BCUT2D eigenvalue weighted by atomic mass is 10.0. The Labute approximate surface area is 160 Å². The lowest BCUT2D eigenvalue weighted by molar-refractivity contribution is -0.146. The molecule has 0 aliphatic rings. The summed E-state index contributed by atoms with van der Waals surface area (Å²) in [5, 5.41) is 2.77. The molecule has 0 aliphatic heterocycles. The van der Waals surface area contributed by atoms with E-state index in [4.69, 9.17) is 9.47 Å². The molecule has 1 atom stereocenters. The first-order chi connectivity index (χ1) is 12.2. The Kier molecular flexibility index (Phi) is 14.1. The molecule has 6 nitrogen and oxygen atoms in total. The smallest absolute Gasteiger partial charge is 0.407 e. The molecular formula is C20H38N2O4. The van der Waals surface area contributed by atoms with Crippen LogP contribution in [0.1, 0.15) is 59.3 Å². The quantitative estimate of drug-likeness (QED) is 0.374. The lowest BCUT2D eigenvalue weighted by Gasteiger charge is -2.19. The molecule has 0 aromatic carbocycles. The van der Waals surface area contributed by atoms with Crippen LogP contribution < -0.4 is 5.32 Å². The van der Waals surface area contributed by atoms with Gasteiger partial charge in [-0.2, -0.15) is 0 Å². The first-order valence-corrected chi connectivity index (χ1v) is 9.73. The molecule has 6 heteroatoms. The van der Waals surface area contributed by atoms with Crippen molar-refractivity contribution in [3.63, 3.8) is 0 Å². The molecule has 0 saturated carbocycles. The fraction of sp³-hybridized carbons (Fsp3) is 0.800. The number of esters is 1. The Morgan fingerprint density at radius 1 is 1.08 bits per heavy atom. The fourth-order valence-electron chi connectivity index (χ4n) is 2.41. The van der Waals surface area contributed by atoms with Crippen LogP contribution in [0, 0.1) is 19.8 Å². The van der Waals surface area contributed by atoms with E-state index in [0.29, 0.717) is 18.9 Å². The maximum absolute atomic E-state index is 12.0. The summed E-state index contributed by atoms with van der Waals surface area (Å²) in [5.74, 6) is 0.301. The molecule has 1 amide bonds. The monoisotopic (exact) mass is 370 g/mol. The van der Waals surface area contributed by atoms with Crippen molar-refractivity contribution in [2.45, 2.75) is 71.5 Å². The standard InChI is InChI=1S/C20H38N2O4/c1-7-22(6)15-14-21-20(24)26-18(11-9-8-10-16(2)3)12-13-19(23)25-17(4)5/h16-18H,4-5,7-15H2,1-3,6H3,(H,21,24). The van der Waals surface area contributed by atoms with Crippen LogP contribution in [0.5, 0.6) is 0 Å². The molecule has 2 radical (unpaired) electrons. The number of likely N-dealkylation sites (N-methyl/N-ethyl adjacent to an activating group) is 1. The van der Waals surface area contributed by atoms with Gasteiger partial charge in [0.1, 0.15) is 12.2 Å². The summed E-state index contributed by atoms with van der Waals surface area (Å²) in [6.07, 6.45) is 3.27. The van der Waals surface area contributed by atoms with Crippen molar-refractivity contribution in [1.82, 2.24) is 10.2 Å². The maximum atomic E-state index is 12.0. The zero-order chi connectivity index (χ0) is 19.9. The molecule has 0 spiro atoms. The van der Waals surface area contributed by atoms with E-state index in [1.165, 1.54) is 0 Å². The molecule has 0 fully saturated rings. The zero-order valence-electron chi connectivity index (χ0n) is 17.1. The maximum Gasteiger partial charge on any atom is 0.407 e. The highest BCUT2D eigenvalue weighted by Crippen LogP contribution is 2.15. The lowest BCUT2D eigenvalue weighted by Crippen LogP contribution is -2.35. The number of nitrogens with zero attached hydrogens (tertiary/aromatic N) is 1. The van der Waals surface area contributed by atoms with Crippen LogP contribution in [0.2, 0.25) is 0 Å². The number of nitrogens with one attached hydrogen (secondary N) is 1. The number of carbonyl (C=O) groups is 2. The average Bonchev–Trinajstić information content (AvgIpc) is 2.55. The van der Waals surface area contributed by atoms with E-state index in [2.05, 4.69) is 44.8 Å². The third-order valence-electron chi connectivity index (χ3n) is 4.10. The van der Waals surface area contributed by atoms with Crippen LogP contribution in [-0.4, -0.2) is 55.9 Å². The molecule has 0 saturated heterocycles. The van der Waals surface area contributed by atoms with Gasteiger partial charge in [0.2, 0.25) is 0 Å². The summed E-state index contributed by atoms with van der Waals surface area (Å²) < 4.78 is 10.5. The molecule has 1 N–H and O–H groups in total. The van der Waals surface area contributed by atoms with E-state index >= 15 is 0 Å². The molecule has 0 rings (SSSR count). The van der Waals surface area contributed by atoms with Gasteiger partial charge in [0.25, 0.3) is 0 Å². The molecular weight excluding hydrogens is 332 g/mol. The van der Waals surface area contributed by atoms with Crippen LogP contribution in [0.4, 0.5) is 4.79 Å². The second-order valence-electron chi connectivity index (χ2n) is 7.18. The Morgan fingerprint density at radius 3 is 2.31 bits per heavy atom. The summed E-state index contributed by atoms with van der Waals surface area (Å²) in [4.78, 5) is 25.8. The fourth-order valence-corrected chi connectivity index (χ4v) is 2.41. The number of unbranched alkanes of at least 4 members (excludes halogenated alkanes) is 1. The van der Waals surface area contributed by atoms with Crippen molar-refractivity contribution in [3.05, 3.63) is 13.8 Å². The van der Waals surface area contributed by atoms with Crippen molar-refractivity contribution in [2.24, 2.45) is 5.92 Å². The number of hydrogen-bond acceptors (Lipinski definition) is 5. The predicted molar refractivity (Wildman–Crippen MR) is 105 cm³/mol. The largest absolute Gasteiger partial charge is 0.462 e. The topological polar surface area (TPSA) is 67.9 Å². The van der Waals surface area contributed by atoms with Crippen LogP contribution in [-0.2, 0) is 14.3 Å². The molecule has 0 aromatic heterocycles. The predicted octanol–water partition coefficient (Wildman–Crippen LogP) is 3.61. The number of ether oxygens (including phenoxy) is 2. The van der Waals surface area contributed by atoms with Gasteiger partial charge in [0.15, 0.2) is 0 Å². The molecule has 1 unspecified atom stereocenters. The van der Waals surface area contributed by atoms with E-state index in [1.807, 2.05) is 7.05 Å². The number of carbonyl (C=O) groups excluding carboxylic acids is 2. The SMILES string of the molecule is [CH2]C([CH2])OC(=O)CCC(CCCCC(C)C)OC(=O)NCCN(C)CC. The van der Waals surface area contributed by atoms with E-state index in [9.17, 15) is 9.59 Å². The second-order valence-corrected chi connectivity index (χ2v) is 7.18. The van der Waals surface area contributed by atoms with Gasteiger partial charge in [-0.25, -0.2) is 4.79 Å². The van der Waals surface area contributed by atoms with Gasteiger partial charge in [-0.3, -0.25) is 4.79 Å². The third-order valence-corrected chi connectivity index (χ3v) is 4.10. The van der Waals surface area contributed by atoms with Crippen LogP contribution >= 0.6 is 0 Å². The molecule has 0 heterocycles. The number of amides is 1. The highest BCUT2D eigenvalue weighted by atomic mass is 16.6. The van der Waals surface area contributed by atoms with Gasteiger partial charge in [0.05, 0.1) is 0 Å². The summed E-state index contributed by atoms with van der Waals surface area (Å²) in [5.41, 5.74) is 0. The van der Waals surface area contributed by atoms with Crippen molar-refractivity contribution in [2.75, 3.05) is 26.7 Å². The van der Waals surface area contributed by atoms with Gasteiger partial charge >= 0.3 is 12.1 Å². The first kappa shape index (κ1) is 24.7. The Balaban J connectivity index is 4.32. The molecule has 0 bridgehead atoms. The van der Waals surface area contributed by atoms with E-state index in [-0.39, 0.29) is 18.5 Å². The third kappa shape index (κ3) is 15.0. The van der Waals surface area contributed by atoms with Gasteiger partial charge in [-0.15, -0.1) is 0 Å². The number of alkyl carbamates (subject to hydrolysis) is 1. The van der Waals surface area contributed by atoms with E-state index < -0.39 is 12.2 Å².